The zero-order valence-electron chi connectivity index (χ0n) is 12.1. The molecule has 1 saturated heterocycles. The molecule has 2 rings (SSSR count). The third-order valence-electron chi connectivity index (χ3n) is 4.47. The maximum absolute atomic E-state index is 12.1. The van der Waals surface area contributed by atoms with Crippen LogP contribution in [-0.4, -0.2) is 47.1 Å². The topological polar surface area (TPSA) is 69.6 Å². The van der Waals surface area contributed by atoms with E-state index in [1.54, 1.807) is 4.90 Å². The van der Waals surface area contributed by atoms with E-state index in [0.29, 0.717) is 6.42 Å². The quantitative estimate of drug-likeness (QED) is 0.824. The van der Waals surface area contributed by atoms with Crippen molar-refractivity contribution in [3.63, 3.8) is 0 Å². The number of likely N-dealkylation sites (tertiary alicyclic amines) is 1. The number of nitrogens with zero attached hydrogens (tertiary/aromatic N) is 1. The van der Waals surface area contributed by atoms with E-state index in [9.17, 15) is 9.59 Å². The van der Waals surface area contributed by atoms with Crippen LogP contribution < -0.4 is 5.32 Å². The van der Waals surface area contributed by atoms with Crippen LogP contribution in [0.4, 0.5) is 0 Å². The lowest BCUT2D eigenvalue weighted by Gasteiger charge is -2.24. The Hall–Kier alpha value is -1.10. The lowest BCUT2D eigenvalue weighted by Crippen LogP contribution is -2.45. The zero-order chi connectivity index (χ0) is 14.4. The van der Waals surface area contributed by atoms with Crippen molar-refractivity contribution in [3.05, 3.63) is 0 Å². The number of amides is 1. The Bertz CT molecular complexity index is 338. The minimum Gasteiger partial charge on any atom is -0.480 e. The van der Waals surface area contributed by atoms with E-state index >= 15 is 0 Å². The molecular formula is C15H26N2O3. The van der Waals surface area contributed by atoms with Crippen LogP contribution in [-0.2, 0) is 9.59 Å². The number of carboxylic acid groups (broad SMARTS) is 1. The number of hydrogen-bond acceptors (Lipinski definition) is 3. The van der Waals surface area contributed by atoms with Crippen molar-refractivity contribution in [2.45, 2.75) is 69.9 Å². The molecule has 1 aliphatic carbocycles. The Balaban J connectivity index is 1.77. The lowest BCUT2D eigenvalue weighted by atomic mass is 9.97. The number of nitrogens with one attached hydrogen (secondary N) is 1. The normalized spacial score (nSPS) is 25.9. The Morgan fingerprint density at radius 1 is 1.00 bits per heavy atom. The summed E-state index contributed by atoms with van der Waals surface area (Å²) in [5.74, 6) is -0.815. The SMILES string of the molecule is O=C(CN1CCCC1C(=O)O)NC1CCCCCCC1. The van der Waals surface area contributed by atoms with Crippen LogP contribution in [0.2, 0.25) is 0 Å². The fourth-order valence-corrected chi connectivity index (χ4v) is 3.35. The molecule has 0 radical (unpaired) electrons. The average Bonchev–Trinajstić information content (AvgIpc) is 2.80. The van der Waals surface area contributed by atoms with Gasteiger partial charge in [-0.3, -0.25) is 14.5 Å². The molecule has 20 heavy (non-hydrogen) atoms. The first-order valence-electron chi connectivity index (χ1n) is 7.93. The van der Waals surface area contributed by atoms with Gasteiger partial charge in [0.15, 0.2) is 0 Å². The van der Waals surface area contributed by atoms with Crippen molar-refractivity contribution < 1.29 is 14.7 Å². The molecule has 0 aromatic carbocycles. The van der Waals surface area contributed by atoms with Gasteiger partial charge in [0.1, 0.15) is 6.04 Å². The fourth-order valence-electron chi connectivity index (χ4n) is 3.35. The monoisotopic (exact) mass is 282 g/mol. The Labute approximate surface area is 120 Å². The van der Waals surface area contributed by atoms with Crippen LogP contribution >= 0.6 is 0 Å². The van der Waals surface area contributed by atoms with Gasteiger partial charge in [-0.15, -0.1) is 0 Å². The summed E-state index contributed by atoms with van der Waals surface area (Å²) in [5, 5.41) is 12.2. The average molecular weight is 282 g/mol. The van der Waals surface area contributed by atoms with E-state index < -0.39 is 12.0 Å². The summed E-state index contributed by atoms with van der Waals surface area (Å²) in [6.07, 6.45) is 9.87. The minimum atomic E-state index is -0.804. The predicted octanol–water partition coefficient (Wildman–Crippen LogP) is 1.76. The number of carbonyl (C=O) groups excluding carboxylic acids is 1. The van der Waals surface area contributed by atoms with Crippen molar-refractivity contribution in [3.8, 4) is 0 Å². The summed E-state index contributed by atoms with van der Waals surface area (Å²) < 4.78 is 0. The number of hydrogen-bond donors (Lipinski definition) is 2. The molecule has 114 valence electrons. The number of carboxylic acids is 1. The van der Waals surface area contributed by atoms with Gasteiger partial charge in [-0.2, -0.15) is 0 Å². The van der Waals surface area contributed by atoms with E-state index in [2.05, 4.69) is 5.32 Å². The molecule has 5 heteroatoms. The van der Waals surface area contributed by atoms with E-state index in [4.69, 9.17) is 5.11 Å². The molecule has 1 saturated carbocycles. The molecule has 2 fully saturated rings. The standard InChI is InChI=1S/C15H26N2O3/c18-14(11-17-10-6-9-13(17)15(19)20)16-12-7-4-2-1-3-5-8-12/h12-13H,1-11H2,(H,16,18)(H,19,20). The smallest absolute Gasteiger partial charge is 0.320 e. The summed E-state index contributed by atoms with van der Waals surface area (Å²) in [6.45, 7) is 0.947. The highest BCUT2D eigenvalue weighted by atomic mass is 16.4. The van der Waals surface area contributed by atoms with Gasteiger partial charge in [0.2, 0.25) is 5.91 Å². The Morgan fingerprint density at radius 2 is 1.65 bits per heavy atom. The molecule has 0 spiro atoms. The number of aliphatic carboxylic acids is 1. The molecule has 5 nitrogen and oxygen atoms in total. The maximum atomic E-state index is 12.1. The molecule has 1 unspecified atom stereocenters. The summed E-state index contributed by atoms with van der Waals surface area (Å²) in [7, 11) is 0. The fraction of sp³-hybridized carbons (Fsp3) is 0.867. The molecule has 0 aromatic heterocycles. The second-order valence-electron chi connectivity index (χ2n) is 6.08. The molecule has 1 heterocycles. The Morgan fingerprint density at radius 3 is 2.30 bits per heavy atom. The summed E-state index contributed by atoms with van der Waals surface area (Å²) in [4.78, 5) is 25.0. The van der Waals surface area contributed by atoms with Crippen LogP contribution in [0, 0.1) is 0 Å². The Kier molecular flexibility index (Phi) is 5.83. The number of carbonyl (C=O) groups is 2. The first-order valence-corrected chi connectivity index (χ1v) is 7.93. The highest BCUT2D eigenvalue weighted by Crippen LogP contribution is 2.18. The predicted molar refractivity (Wildman–Crippen MR) is 76.5 cm³/mol. The molecular weight excluding hydrogens is 256 g/mol. The first-order chi connectivity index (χ1) is 9.66. The third kappa shape index (κ3) is 4.47. The highest BCUT2D eigenvalue weighted by molar-refractivity contribution is 5.80. The largest absolute Gasteiger partial charge is 0.480 e. The van der Waals surface area contributed by atoms with Gasteiger partial charge in [-0.1, -0.05) is 32.1 Å². The van der Waals surface area contributed by atoms with E-state index in [-0.39, 0.29) is 18.5 Å². The van der Waals surface area contributed by atoms with Crippen molar-refractivity contribution in [1.82, 2.24) is 10.2 Å². The molecule has 1 amide bonds. The van der Waals surface area contributed by atoms with E-state index in [1.807, 2.05) is 0 Å². The minimum absolute atomic E-state index is 0.0104. The molecule has 0 aromatic rings. The molecule has 2 aliphatic rings. The van der Waals surface area contributed by atoms with Gasteiger partial charge in [0.25, 0.3) is 0 Å². The summed E-state index contributed by atoms with van der Waals surface area (Å²) in [5.41, 5.74) is 0. The first kappa shape index (κ1) is 15.3. The zero-order valence-corrected chi connectivity index (χ0v) is 12.1. The van der Waals surface area contributed by atoms with Crippen LogP contribution in [0.5, 0.6) is 0 Å². The summed E-state index contributed by atoms with van der Waals surface area (Å²) in [6, 6.07) is -0.188. The van der Waals surface area contributed by atoms with E-state index in [0.717, 1.165) is 25.8 Å². The van der Waals surface area contributed by atoms with Gasteiger partial charge in [0, 0.05) is 6.04 Å². The van der Waals surface area contributed by atoms with Gasteiger partial charge in [-0.25, -0.2) is 0 Å². The van der Waals surface area contributed by atoms with Crippen LogP contribution in [0.25, 0.3) is 0 Å². The molecule has 2 N–H and O–H groups in total. The van der Waals surface area contributed by atoms with Crippen LogP contribution in [0.1, 0.15) is 57.8 Å². The van der Waals surface area contributed by atoms with Gasteiger partial charge < -0.3 is 10.4 Å². The number of rotatable bonds is 4. The van der Waals surface area contributed by atoms with E-state index in [1.165, 1.54) is 32.1 Å². The van der Waals surface area contributed by atoms with Crippen molar-refractivity contribution in [2.75, 3.05) is 13.1 Å². The maximum Gasteiger partial charge on any atom is 0.320 e. The molecule has 1 atom stereocenters. The molecule has 0 bridgehead atoms. The second-order valence-corrected chi connectivity index (χ2v) is 6.08. The van der Waals surface area contributed by atoms with Gasteiger partial charge in [0.05, 0.1) is 6.54 Å². The highest BCUT2D eigenvalue weighted by Gasteiger charge is 2.31. The second kappa shape index (κ2) is 7.62. The van der Waals surface area contributed by atoms with Crippen LogP contribution in [0.15, 0.2) is 0 Å². The van der Waals surface area contributed by atoms with Gasteiger partial charge in [-0.05, 0) is 32.2 Å². The summed E-state index contributed by atoms with van der Waals surface area (Å²) >= 11 is 0. The van der Waals surface area contributed by atoms with Crippen LogP contribution in [0.3, 0.4) is 0 Å². The third-order valence-corrected chi connectivity index (χ3v) is 4.47. The van der Waals surface area contributed by atoms with Crippen molar-refractivity contribution in [2.24, 2.45) is 0 Å². The van der Waals surface area contributed by atoms with Gasteiger partial charge >= 0.3 is 5.97 Å². The lowest BCUT2D eigenvalue weighted by molar-refractivity contribution is -0.142. The van der Waals surface area contributed by atoms with Crippen molar-refractivity contribution in [1.29, 1.82) is 0 Å². The van der Waals surface area contributed by atoms with Crippen molar-refractivity contribution >= 4 is 11.9 Å². The molecule has 1 aliphatic heterocycles.